The monoisotopic (exact) mass is 293 g/mol. The van der Waals surface area contributed by atoms with Crippen LogP contribution in [-0.4, -0.2) is 55.6 Å². The van der Waals surface area contributed by atoms with Gasteiger partial charge in [0.25, 0.3) is 0 Å². The lowest BCUT2D eigenvalue weighted by Crippen LogP contribution is -2.42. The third-order valence-electron chi connectivity index (χ3n) is 3.88. The van der Waals surface area contributed by atoms with Gasteiger partial charge >= 0.3 is 0 Å². The number of aliphatic hydroxyl groups excluding tert-OH is 1. The molecule has 21 heavy (non-hydrogen) atoms. The van der Waals surface area contributed by atoms with E-state index in [4.69, 9.17) is 9.47 Å². The van der Waals surface area contributed by atoms with Gasteiger partial charge in [0.1, 0.15) is 18.5 Å². The topological polar surface area (TPSA) is 41.9 Å². The van der Waals surface area contributed by atoms with Gasteiger partial charge in [-0.2, -0.15) is 0 Å². The number of morpholine rings is 1. The maximum absolute atomic E-state index is 10.1. The number of nitrogens with zero attached hydrogens (tertiary/aromatic N) is 1. The number of hydrogen-bond acceptors (Lipinski definition) is 4. The zero-order chi connectivity index (χ0) is 15.2. The minimum absolute atomic E-state index is 0.331. The lowest BCUT2D eigenvalue weighted by Gasteiger charge is -2.28. The highest BCUT2D eigenvalue weighted by Crippen LogP contribution is 2.23. The highest BCUT2D eigenvalue weighted by Gasteiger charge is 2.15. The van der Waals surface area contributed by atoms with Crippen molar-refractivity contribution in [2.24, 2.45) is 0 Å². The van der Waals surface area contributed by atoms with E-state index in [1.165, 1.54) is 11.1 Å². The fourth-order valence-corrected chi connectivity index (χ4v) is 2.71. The van der Waals surface area contributed by atoms with E-state index in [0.29, 0.717) is 19.1 Å². The van der Waals surface area contributed by atoms with Crippen LogP contribution >= 0.6 is 0 Å². The summed E-state index contributed by atoms with van der Waals surface area (Å²) in [7, 11) is 0. The fourth-order valence-electron chi connectivity index (χ4n) is 2.71. The molecular formula is C17H27NO3. The molecule has 1 aliphatic rings. The van der Waals surface area contributed by atoms with Gasteiger partial charge in [0.2, 0.25) is 0 Å². The quantitative estimate of drug-likeness (QED) is 0.873. The summed E-state index contributed by atoms with van der Waals surface area (Å²) >= 11 is 0. The predicted octanol–water partition coefficient (Wildman–Crippen LogP) is 2.19. The van der Waals surface area contributed by atoms with Crippen molar-refractivity contribution in [3.8, 4) is 5.75 Å². The molecule has 1 heterocycles. The van der Waals surface area contributed by atoms with Crippen molar-refractivity contribution in [3.63, 3.8) is 0 Å². The predicted molar refractivity (Wildman–Crippen MR) is 84.0 cm³/mol. The Morgan fingerprint density at radius 1 is 1.29 bits per heavy atom. The van der Waals surface area contributed by atoms with Gasteiger partial charge < -0.3 is 14.6 Å². The Hall–Kier alpha value is -1.10. The Kier molecular flexibility index (Phi) is 6.03. The lowest BCUT2D eigenvalue weighted by molar-refractivity contribution is 0.00465. The van der Waals surface area contributed by atoms with Crippen molar-refractivity contribution in [1.82, 2.24) is 4.90 Å². The van der Waals surface area contributed by atoms with Crippen molar-refractivity contribution in [2.45, 2.75) is 32.8 Å². The SMILES string of the molecule is Cc1cc(OCC(O)CN2CCOCC2)ccc1C(C)C. The first-order valence-corrected chi connectivity index (χ1v) is 7.77. The number of aryl methyl sites for hydroxylation is 1. The van der Waals surface area contributed by atoms with Crippen molar-refractivity contribution in [1.29, 1.82) is 0 Å². The molecule has 0 amide bonds. The minimum Gasteiger partial charge on any atom is -0.491 e. The van der Waals surface area contributed by atoms with Crippen LogP contribution in [0.2, 0.25) is 0 Å². The van der Waals surface area contributed by atoms with Crippen molar-refractivity contribution < 1.29 is 14.6 Å². The summed E-state index contributed by atoms with van der Waals surface area (Å²) in [6, 6.07) is 6.16. The molecule has 1 atom stereocenters. The summed E-state index contributed by atoms with van der Waals surface area (Å²) in [5.41, 5.74) is 2.58. The van der Waals surface area contributed by atoms with E-state index < -0.39 is 6.10 Å². The Morgan fingerprint density at radius 3 is 2.62 bits per heavy atom. The summed E-state index contributed by atoms with van der Waals surface area (Å²) in [6.07, 6.45) is -0.465. The van der Waals surface area contributed by atoms with Gasteiger partial charge in [-0.05, 0) is 36.1 Å². The van der Waals surface area contributed by atoms with Crippen LogP contribution in [0.15, 0.2) is 18.2 Å². The van der Waals surface area contributed by atoms with Gasteiger partial charge in [-0.1, -0.05) is 19.9 Å². The zero-order valence-electron chi connectivity index (χ0n) is 13.3. The number of hydrogen-bond donors (Lipinski definition) is 1. The van der Waals surface area contributed by atoms with Crippen molar-refractivity contribution in [3.05, 3.63) is 29.3 Å². The molecule has 0 bridgehead atoms. The van der Waals surface area contributed by atoms with E-state index in [1.807, 2.05) is 6.07 Å². The summed E-state index contributed by atoms with van der Waals surface area (Å²) in [4.78, 5) is 2.21. The molecule has 2 rings (SSSR count). The fraction of sp³-hybridized carbons (Fsp3) is 0.647. The molecular weight excluding hydrogens is 266 g/mol. The number of ether oxygens (including phenoxy) is 2. The van der Waals surface area contributed by atoms with Crippen LogP contribution in [0.25, 0.3) is 0 Å². The average molecular weight is 293 g/mol. The van der Waals surface area contributed by atoms with Crippen LogP contribution in [0.3, 0.4) is 0 Å². The Balaban J connectivity index is 1.80. The van der Waals surface area contributed by atoms with Gasteiger partial charge in [-0.25, -0.2) is 0 Å². The summed E-state index contributed by atoms with van der Waals surface area (Å²) in [5.74, 6) is 1.35. The maximum atomic E-state index is 10.1. The standard InChI is InChI=1S/C17H27NO3/c1-13(2)17-5-4-16(10-14(17)3)21-12-15(19)11-18-6-8-20-9-7-18/h4-5,10,13,15,19H,6-9,11-12H2,1-3H3. The van der Waals surface area contributed by atoms with Crippen LogP contribution in [0, 0.1) is 6.92 Å². The van der Waals surface area contributed by atoms with Crippen molar-refractivity contribution >= 4 is 0 Å². The minimum atomic E-state index is -0.465. The second-order valence-corrected chi connectivity index (χ2v) is 6.05. The second kappa shape index (κ2) is 7.78. The first kappa shape index (κ1) is 16.3. The van der Waals surface area contributed by atoms with Gasteiger partial charge in [0.15, 0.2) is 0 Å². The number of β-amino-alcohol motifs (C(OH)–C–C–N with tert-alkyl or cyclic N) is 1. The van der Waals surface area contributed by atoms with Crippen LogP contribution in [0.4, 0.5) is 0 Å². The maximum Gasteiger partial charge on any atom is 0.119 e. The van der Waals surface area contributed by atoms with E-state index in [-0.39, 0.29) is 0 Å². The lowest BCUT2D eigenvalue weighted by atomic mass is 9.98. The van der Waals surface area contributed by atoms with E-state index in [9.17, 15) is 5.11 Å². The number of aliphatic hydroxyl groups is 1. The first-order valence-electron chi connectivity index (χ1n) is 7.77. The molecule has 0 radical (unpaired) electrons. The number of rotatable bonds is 6. The molecule has 0 aromatic heterocycles. The second-order valence-electron chi connectivity index (χ2n) is 6.05. The molecule has 1 aromatic rings. The van der Waals surface area contributed by atoms with E-state index in [2.05, 4.69) is 37.8 Å². The average Bonchev–Trinajstić information content (AvgIpc) is 2.46. The molecule has 1 N–H and O–H groups in total. The third kappa shape index (κ3) is 4.99. The van der Waals surface area contributed by atoms with E-state index in [0.717, 1.165) is 32.1 Å². The molecule has 0 spiro atoms. The number of benzene rings is 1. The highest BCUT2D eigenvalue weighted by molar-refractivity contribution is 5.36. The van der Waals surface area contributed by atoms with Crippen LogP contribution in [0.1, 0.15) is 30.9 Å². The largest absolute Gasteiger partial charge is 0.491 e. The molecule has 4 heteroatoms. The molecule has 1 aromatic carbocycles. The molecule has 1 fully saturated rings. The van der Waals surface area contributed by atoms with Crippen LogP contribution < -0.4 is 4.74 Å². The first-order chi connectivity index (χ1) is 10.1. The zero-order valence-corrected chi connectivity index (χ0v) is 13.3. The Labute approximate surface area is 127 Å². The van der Waals surface area contributed by atoms with Gasteiger partial charge in [-0.3, -0.25) is 4.90 Å². The molecule has 118 valence electrons. The molecule has 1 aliphatic heterocycles. The molecule has 1 unspecified atom stereocenters. The molecule has 4 nitrogen and oxygen atoms in total. The summed E-state index contributed by atoms with van der Waals surface area (Å²) in [6.45, 7) is 10.7. The normalized spacial score (nSPS) is 18.0. The van der Waals surface area contributed by atoms with E-state index in [1.54, 1.807) is 0 Å². The van der Waals surface area contributed by atoms with Crippen LogP contribution in [0.5, 0.6) is 5.75 Å². The van der Waals surface area contributed by atoms with Gasteiger partial charge in [0, 0.05) is 19.6 Å². The summed E-state index contributed by atoms with van der Waals surface area (Å²) < 4.78 is 11.0. The molecule has 1 saturated heterocycles. The van der Waals surface area contributed by atoms with E-state index >= 15 is 0 Å². The molecule has 0 aliphatic carbocycles. The Morgan fingerprint density at radius 2 is 2.00 bits per heavy atom. The van der Waals surface area contributed by atoms with Crippen molar-refractivity contribution in [2.75, 3.05) is 39.5 Å². The smallest absolute Gasteiger partial charge is 0.119 e. The Bertz CT molecular complexity index is 442. The van der Waals surface area contributed by atoms with Crippen LogP contribution in [-0.2, 0) is 4.74 Å². The highest BCUT2D eigenvalue weighted by atomic mass is 16.5. The molecule has 0 saturated carbocycles. The van der Waals surface area contributed by atoms with Gasteiger partial charge in [-0.15, -0.1) is 0 Å². The third-order valence-corrected chi connectivity index (χ3v) is 3.88. The van der Waals surface area contributed by atoms with Gasteiger partial charge in [0.05, 0.1) is 13.2 Å². The summed E-state index contributed by atoms with van der Waals surface area (Å²) in [5, 5.41) is 10.1.